The fourth-order valence-corrected chi connectivity index (χ4v) is 2.99. The maximum Gasteiger partial charge on any atom is 0.291 e. The number of carbonyl (C=O) groups excluding carboxylic acids is 1. The van der Waals surface area contributed by atoms with Crippen molar-refractivity contribution in [1.82, 2.24) is 14.7 Å². The molecular weight excluding hydrogens is 349 g/mol. The van der Waals surface area contributed by atoms with E-state index in [0.717, 1.165) is 30.6 Å². The van der Waals surface area contributed by atoms with E-state index in [2.05, 4.69) is 12.0 Å². The highest BCUT2D eigenvalue weighted by molar-refractivity contribution is 6.41. The molecule has 0 aliphatic carbocycles. The van der Waals surface area contributed by atoms with Gasteiger partial charge >= 0.3 is 0 Å². The molecule has 1 aliphatic rings. The normalized spacial score (nSPS) is 15.5. The number of hydrogen-bond acceptors (Lipinski definition) is 3. The van der Waals surface area contributed by atoms with Crippen LogP contribution in [0.3, 0.4) is 0 Å². The maximum atomic E-state index is 12.5. The minimum Gasteiger partial charge on any atom is -0.339 e. The van der Waals surface area contributed by atoms with Crippen LogP contribution < -0.4 is 5.56 Å². The van der Waals surface area contributed by atoms with Gasteiger partial charge in [0.2, 0.25) is 0 Å². The molecule has 126 valence electrons. The number of amides is 1. The molecule has 24 heavy (non-hydrogen) atoms. The molecule has 0 saturated carbocycles. The maximum absolute atomic E-state index is 12.5. The molecule has 1 fully saturated rings. The fourth-order valence-electron chi connectivity index (χ4n) is 2.74. The monoisotopic (exact) mass is 365 g/mol. The lowest BCUT2D eigenvalue weighted by atomic mass is 9.98. The van der Waals surface area contributed by atoms with Crippen LogP contribution in [0.4, 0.5) is 0 Å². The van der Waals surface area contributed by atoms with E-state index in [9.17, 15) is 9.59 Å². The molecule has 2 heterocycles. The van der Waals surface area contributed by atoms with Crippen molar-refractivity contribution in [3.8, 4) is 5.69 Å². The van der Waals surface area contributed by atoms with Crippen molar-refractivity contribution in [2.45, 2.75) is 19.8 Å². The second kappa shape index (κ2) is 6.95. The van der Waals surface area contributed by atoms with Crippen molar-refractivity contribution in [2.24, 2.45) is 5.92 Å². The Kier molecular flexibility index (Phi) is 4.92. The van der Waals surface area contributed by atoms with E-state index in [1.165, 1.54) is 6.20 Å². The lowest BCUT2D eigenvalue weighted by Crippen LogP contribution is -2.37. The van der Waals surface area contributed by atoms with E-state index in [4.69, 9.17) is 23.2 Å². The molecule has 0 bridgehead atoms. The number of rotatable bonds is 2. The first kappa shape index (κ1) is 17.0. The van der Waals surface area contributed by atoms with Crippen molar-refractivity contribution >= 4 is 29.1 Å². The van der Waals surface area contributed by atoms with Crippen LogP contribution in [0.5, 0.6) is 0 Å². The molecular formula is C17H17Cl2N3O2. The molecule has 0 unspecified atom stereocenters. The van der Waals surface area contributed by atoms with Crippen LogP contribution in [-0.4, -0.2) is 33.7 Å². The lowest BCUT2D eigenvalue weighted by molar-refractivity contribution is 0.0697. The van der Waals surface area contributed by atoms with Crippen LogP contribution in [-0.2, 0) is 0 Å². The SMILES string of the molecule is CC1CCN(C(=O)c2ccc(-n3ncc(Cl)c(Cl)c3=O)cc2)CC1. The number of piperidine rings is 1. The van der Waals surface area contributed by atoms with Crippen LogP contribution in [0.2, 0.25) is 10.0 Å². The summed E-state index contributed by atoms with van der Waals surface area (Å²) in [6, 6.07) is 6.76. The number of halogens is 2. The molecule has 0 radical (unpaired) electrons. The number of hydrogen-bond donors (Lipinski definition) is 0. The number of benzene rings is 1. The third-order valence-corrected chi connectivity index (χ3v) is 5.05. The second-order valence-electron chi connectivity index (χ2n) is 6.05. The highest BCUT2D eigenvalue weighted by Crippen LogP contribution is 2.19. The summed E-state index contributed by atoms with van der Waals surface area (Å²) in [4.78, 5) is 26.5. The quantitative estimate of drug-likeness (QED) is 0.819. The van der Waals surface area contributed by atoms with Gasteiger partial charge < -0.3 is 4.90 Å². The first-order valence-electron chi connectivity index (χ1n) is 7.80. The summed E-state index contributed by atoms with van der Waals surface area (Å²) < 4.78 is 1.16. The Morgan fingerprint density at radius 3 is 2.42 bits per heavy atom. The zero-order chi connectivity index (χ0) is 17.3. The Morgan fingerprint density at radius 1 is 1.17 bits per heavy atom. The average molecular weight is 366 g/mol. The summed E-state index contributed by atoms with van der Waals surface area (Å²) in [6.45, 7) is 3.78. The van der Waals surface area contributed by atoms with Gasteiger partial charge in [-0.25, -0.2) is 0 Å². The standard InChI is InChI=1S/C17H17Cl2N3O2/c1-11-6-8-21(9-7-11)16(23)12-2-4-13(5-3-12)22-17(24)15(19)14(18)10-20-22/h2-5,10-11H,6-9H2,1H3. The number of aromatic nitrogens is 2. The summed E-state index contributed by atoms with van der Waals surface area (Å²) in [7, 11) is 0. The largest absolute Gasteiger partial charge is 0.339 e. The predicted octanol–water partition coefficient (Wildman–Crippen LogP) is 3.41. The van der Waals surface area contributed by atoms with E-state index >= 15 is 0 Å². The topological polar surface area (TPSA) is 55.2 Å². The molecule has 0 N–H and O–H groups in total. The van der Waals surface area contributed by atoms with Gasteiger partial charge in [0.05, 0.1) is 16.9 Å². The Labute approximate surface area is 149 Å². The Bertz CT molecular complexity index is 810. The molecule has 1 aromatic heterocycles. The zero-order valence-electron chi connectivity index (χ0n) is 13.2. The second-order valence-corrected chi connectivity index (χ2v) is 6.83. The molecule has 1 aromatic carbocycles. The van der Waals surface area contributed by atoms with Crippen LogP contribution in [0.25, 0.3) is 5.69 Å². The molecule has 2 aromatic rings. The van der Waals surface area contributed by atoms with Gasteiger partial charge in [0.15, 0.2) is 0 Å². The van der Waals surface area contributed by atoms with Crippen LogP contribution in [0.1, 0.15) is 30.1 Å². The zero-order valence-corrected chi connectivity index (χ0v) is 14.7. The number of nitrogens with zero attached hydrogens (tertiary/aromatic N) is 3. The Morgan fingerprint density at radius 2 is 1.79 bits per heavy atom. The van der Waals surface area contributed by atoms with E-state index in [-0.39, 0.29) is 16.0 Å². The van der Waals surface area contributed by atoms with Gasteiger partial charge in [0.25, 0.3) is 11.5 Å². The van der Waals surface area contributed by atoms with E-state index in [0.29, 0.717) is 17.2 Å². The van der Waals surface area contributed by atoms with Gasteiger partial charge in [-0.2, -0.15) is 9.78 Å². The highest BCUT2D eigenvalue weighted by Gasteiger charge is 2.21. The van der Waals surface area contributed by atoms with Gasteiger partial charge in [-0.3, -0.25) is 9.59 Å². The molecule has 0 spiro atoms. The summed E-state index contributed by atoms with van der Waals surface area (Å²) in [5.41, 5.74) is 0.636. The molecule has 5 nitrogen and oxygen atoms in total. The van der Waals surface area contributed by atoms with Crippen molar-refractivity contribution in [3.63, 3.8) is 0 Å². The Hall–Kier alpha value is -1.85. The summed E-state index contributed by atoms with van der Waals surface area (Å²) in [5, 5.41) is 4.01. The number of likely N-dealkylation sites (tertiary alicyclic amines) is 1. The van der Waals surface area contributed by atoms with E-state index in [1.54, 1.807) is 24.3 Å². The molecule has 3 rings (SSSR count). The van der Waals surface area contributed by atoms with Crippen molar-refractivity contribution < 1.29 is 4.79 Å². The molecule has 0 atom stereocenters. The van der Waals surface area contributed by atoms with Gasteiger partial charge in [-0.15, -0.1) is 0 Å². The minimum absolute atomic E-state index is 0.0166. The van der Waals surface area contributed by atoms with Crippen molar-refractivity contribution in [3.05, 3.63) is 56.4 Å². The summed E-state index contributed by atoms with van der Waals surface area (Å²) >= 11 is 11.6. The smallest absolute Gasteiger partial charge is 0.291 e. The van der Waals surface area contributed by atoms with Gasteiger partial charge in [0, 0.05) is 18.7 Å². The molecule has 1 amide bonds. The summed E-state index contributed by atoms with van der Waals surface area (Å²) in [6.07, 6.45) is 3.39. The van der Waals surface area contributed by atoms with Crippen molar-refractivity contribution in [1.29, 1.82) is 0 Å². The molecule has 1 saturated heterocycles. The summed E-state index contributed by atoms with van der Waals surface area (Å²) in [5.74, 6) is 0.687. The van der Waals surface area contributed by atoms with Gasteiger partial charge in [0.1, 0.15) is 5.02 Å². The average Bonchev–Trinajstić information content (AvgIpc) is 2.60. The minimum atomic E-state index is -0.492. The third-order valence-electron chi connectivity index (χ3n) is 4.31. The first-order chi connectivity index (χ1) is 11.5. The van der Waals surface area contributed by atoms with Crippen LogP contribution >= 0.6 is 23.2 Å². The Balaban J connectivity index is 1.82. The first-order valence-corrected chi connectivity index (χ1v) is 8.56. The number of carbonyl (C=O) groups is 1. The van der Waals surface area contributed by atoms with Gasteiger partial charge in [-0.1, -0.05) is 30.1 Å². The van der Waals surface area contributed by atoms with Crippen LogP contribution in [0.15, 0.2) is 35.3 Å². The molecule has 7 heteroatoms. The molecule has 1 aliphatic heterocycles. The highest BCUT2D eigenvalue weighted by atomic mass is 35.5. The predicted molar refractivity (Wildman–Crippen MR) is 94.2 cm³/mol. The van der Waals surface area contributed by atoms with Crippen LogP contribution in [0, 0.1) is 5.92 Å². The fraction of sp³-hybridized carbons (Fsp3) is 0.353. The van der Waals surface area contributed by atoms with Gasteiger partial charge in [-0.05, 0) is 43.0 Å². The van der Waals surface area contributed by atoms with E-state index < -0.39 is 5.56 Å². The van der Waals surface area contributed by atoms with Crippen molar-refractivity contribution in [2.75, 3.05) is 13.1 Å². The van der Waals surface area contributed by atoms with E-state index in [1.807, 2.05) is 4.90 Å². The third kappa shape index (κ3) is 3.32. The lowest BCUT2D eigenvalue weighted by Gasteiger charge is -2.30.